The first-order valence-corrected chi connectivity index (χ1v) is 14.6. The molecule has 4 aromatic rings. The van der Waals surface area contributed by atoms with Crippen LogP contribution in [0.15, 0.2) is 76.4 Å². The van der Waals surface area contributed by atoms with E-state index in [0.29, 0.717) is 11.4 Å². The Balaban J connectivity index is 1.56. The quantitative estimate of drug-likeness (QED) is 0.248. The van der Waals surface area contributed by atoms with Gasteiger partial charge in [0.15, 0.2) is 6.10 Å². The molecule has 0 spiro atoms. The number of esters is 1. The maximum absolute atomic E-state index is 13.3. The maximum Gasteiger partial charge on any atom is 0.340 e. The van der Waals surface area contributed by atoms with Crippen molar-refractivity contribution in [2.24, 2.45) is 7.05 Å². The molecule has 0 aliphatic heterocycles. The molecule has 0 fully saturated rings. The highest BCUT2D eigenvalue weighted by Gasteiger charge is 2.26. The van der Waals surface area contributed by atoms with Crippen molar-refractivity contribution in [2.75, 3.05) is 10.0 Å². The van der Waals surface area contributed by atoms with Crippen LogP contribution in [0, 0.1) is 6.92 Å². The smallest absolute Gasteiger partial charge is 0.340 e. The molecular formula is C27H23Cl3N4O6S. The van der Waals surface area contributed by atoms with Gasteiger partial charge in [0.1, 0.15) is 5.69 Å². The molecule has 0 saturated carbocycles. The Bertz CT molecular complexity index is 1820. The summed E-state index contributed by atoms with van der Waals surface area (Å²) in [5.41, 5.74) is 0.0539. The molecule has 3 aromatic carbocycles. The van der Waals surface area contributed by atoms with Crippen molar-refractivity contribution in [3.63, 3.8) is 0 Å². The molecule has 2 N–H and O–H groups in total. The minimum Gasteiger partial charge on any atom is -0.449 e. The van der Waals surface area contributed by atoms with Gasteiger partial charge < -0.3 is 10.1 Å². The number of nitrogens with one attached hydrogen (secondary N) is 2. The first-order chi connectivity index (χ1) is 19.3. The van der Waals surface area contributed by atoms with Crippen LogP contribution in [0.2, 0.25) is 15.1 Å². The van der Waals surface area contributed by atoms with Crippen molar-refractivity contribution in [3.8, 4) is 5.69 Å². The molecule has 1 atom stereocenters. The summed E-state index contributed by atoms with van der Waals surface area (Å²) < 4.78 is 37.0. The van der Waals surface area contributed by atoms with Gasteiger partial charge in [0.25, 0.3) is 21.5 Å². The monoisotopic (exact) mass is 636 g/mol. The SMILES string of the molecule is Cc1c(NS(=O)(=O)c2ccc(Cl)c(C(=O)OC(C)C(=O)Nc3cccc(Cl)c3Cl)c2)c(=O)n(-c2ccccc2)n1C. The number of para-hydroxylation sites is 1. The van der Waals surface area contributed by atoms with E-state index in [4.69, 9.17) is 39.5 Å². The van der Waals surface area contributed by atoms with E-state index in [1.54, 1.807) is 56.4 Å². The van der Waals surface area contributed by atoms with Gasteiger partial charge in [0.05, 0.1) is 42.6 Å². The van der Waals surface area contributed by atoms with Crippen LogP contribution in [0.3, 0.4) is 0 Å². The van der Waals surface area contributed by atoms with Gasteiger partial charge in [-0.1, -0.05) is 59.1 Å². The number of rotatable bonds is 8. The Labute approximate surface area is 250 Å². The normalized spacial score (nSPS) is 12.0. The lowest BCUT2D eigenvalue weighted by molar-refractivity contribution is -0.123. The van der Waals surface area contributed by atoms with Gasteiger partial charge in [-0.15, -0.1) is 0 Å². The lowest BCUT2D eigenvalue weighted by Crippen LogP contribution is -2.30. The summed E-state index contributed by atoms with van der Waals surface area (Å²) >= 11 is 18.2. The zero-order chi connectivity index (χ0) is 30.1. The third kappa shape index (κ3) is 6.28. The van der Waals surface area contributed by atoms with E-state index in [2.05, 4.69) is 10.0 Å². The molecule has 4 rings (SSSR count). The van der Waals surface area contributed by atoms with Gasteiger partial charge >= 0.3 is 5.97 Å². The summed E-state index contributed by atoms with van der Waals surface area (Å²) in [6, 6.07) is 16.7. The number of carbonyl (C=O) groups excluding carboxylic acids is 2. The summed E-state index contributed by atoms with van der Waals surface area (Å²) in [6.45, 7) is 2.91. The summed E-state index contributed by atoms with van der Waals surface area (Å²) in [4.78, 5) is 38.3. The third-order valence-corrected chi connectivity index (χ3v) is 8.62. The number of benzene rings is 3. The zero-order valence-electron chi connectivity index (χ0n) is 21.8. The second-order valence-electron chi connectivity index (χ2n) is 8.82. The van der Waals surface area contributed by atoms with Crippen LogP contribution in [0.5, 0.6) is 0 Å². The highest BCUT2D eigenvalue weighted by atomic mass is 35.5. The van der Waals surface area contributed by atoms with Crippen LogP contribution in [0.25, 0.3) is 5.69 Å². The second-order valence-corrected chi connectivity index (χ2v) is 11.7. The van der Waals surface area contributed by atoms with E-state index in [-0.39, 0.29) is 36.9 Å². The number of sulfonamides is 1. The second kappa shape index (κ2) is 12.0. The fraction of sp³-hybridized carbons (Fsp3) is 0.148. The Morgan fingerprint density at radius 2 is 1.63 bits per heavy atom. The Morgan fingerprint density at radius 1 is 0.951 bits per heavy atom. The van der Waals surface area contributed by atoms with E-state index in [1.165, 1.54) is 34.5 Å². The van der Waals surface area contributed by atoms with Gasteiger partial charge in [-0.2, -0.15) is 0 Å². The van der Waals surface area contributed by atoms with Crippen LogP contribution in [0.4, 0.5) is 11.4 Å². The molecule has 0 aliphatic carbocycles. The van der Waals surface area contributed by atoms with Crippen molar-refractivity contribution in [1.82, 2.24) is 9.36 Å². The molecule has 0 radical (unpaired) electrons. The van der Waals surface area contributed by atoms with Gasteiger partial charge in [0, 0.05) is 7.05 Å². The standard InChI is InChI=1S/C27H23Cl3N4O6S/c1-15-24(26(36)34(33(15)3)17-8-5-4-6-9-17)32-41(38,39)18-12-13-20(28)19(14-18)27(37)40-16(2)25(35)31-22-11-7-10-21(29)23(22)30/h4-14,16,32H,1-3H3,(H,31,35). The topological polar surface area (TPSA) is 128 Å². The molecule has 0 bridgehead atoms. The van der Waals surface area contributed by atoms with Crippen LogP contribution in [-0.2, 0) is 26.6 Å². The number of nitrogens with zero attached hydrogens (tertiary/aromatic N) is 2. The van der Waals surface area contributed by atoms with E-state index in [0.717, 1.165) is 6.07 Å². The summed E-state index contributed by atoms with van der Waals surface area (Å²) in [5, 5.41) is 2.73. The average Bonchev–Trinajstić information content (AvgIpc) is 3.14. The molecule has 10 nitrogen and oxygen atoms in total. The Hall–Kier alpha value is -3.77. The number of hydrogen-bond donors (Lipinski definition) is 2. The lowest BCUT2D eigenvalue weighted by Gasteiger charge is -2.15. The van der Waals surface area contributed by atoms with E-state index in [1.807, 2.05) is 0 Å². The van der Waals surface area contributed by atoms with Gasteiger partial charge in [-0.05, 0) is 56.3 Å². The molecule has 0 aliphatic rings. The Morgan fingerprint density at radius 3 is 2.32 bits per heavy atom. The molecule has 1 aromatic heterocycles. The first kappa shape index (κ1) is 30.2. The average molecular weight is 638 g/mol. The van der Waals surface area contributed by atoms with Gasteiger partial charge in [-0.25, -0.2) is 17.9 Å². The lowest BCUT2D eigenvalue weighted by atomic mass is 10.2. The van der Waals surface area contributed by atoms with Crippen molar-refractivity contribution in [2.45, 2.75) is 24.8 Å². The maximum atomic E-state index is 13.3. The first-order valence-electron chi connectivity index (χ1n) is 11.9. The highest BCUT2D eigenvalue weighted by Crippen LogP contribution is 2.30. The van der Waals surface area contributed by atoms with Crippen LogP contribution < -0.4 is 15.6 Å². The summed E-state index contributed by atoms with van der Waals surface area (Å²) in [5.74, 6) is -1.76. The fourth-order valence-electron chi connectivity index (χ4n) is 3.82. The van der Waals surface area contributed by atoms with E-state index < -0.39 is 33.6 Å². The van der Waals surface area contributed by atoms with Crippen molar-refractivity contribution >= 4 is 68.1 Å². The predicted octanol–water partition coefficient (Wildman–Crippen LogP) is 5.43. The molecule has 0 saturated heterocycles. The predicted molar refractivity (Wildman–Crippen MR) is 158 cm³/mol. The molecule has 214 valence electrons. The van der Waals surface area contributed by atoms with Crippen molar-refractivity contribution < 1.29 is 22.7 Å². The number of amides is 1. The van der Waals surface area contributed by atoms with Gasteiger partial charge in [-0.3, -0.25) is 19.0 Å². The third-order valence-electron chi connectivity index (χ3n) is 6.12. The highest BCUT2D eigenvalue weighted by molar-refractivity contribution is 7.92. The molecule has 1 heterocycles. The van der Waals surface area contributed by atoms with Crippen LogP contribution in [0.1, 0.15) is 23.0 Å². The van der Waals surface area contributed by atoms with Gasteiger partial charge in [0.2, 0.25) is 0 Å². The van der Waals surface area contributed by atoms with Crippen LogP contribution in [-0.4, -0.2) is 35.8 Å². The largest absolute Gasteiger partial charge is 0.449 e. The number of anilines is 2. The molecule has 1 unspecified atom stereocenters. The zero-order valence-corrected chi connectivity index (χ0v) is 24.9. The molecule has 41 heavy (non-hydrogen) atoms. The molecule has 1 amide bonds. The number of halogens is 3. The number of carbonyl (C=O) groups is 2. The summed E-state index contributed by atoms with van der Waals surface area (Å²) in [6.07, 6.45) is -1.31. The van der Waals surface area contributed by atoms with E-state index in [9.17, 15) is 22.8 Å². The number of aromatic nitrogens is 2. The fourth-order valence-corrected chi connectivity index (χ4v) is 5.50. The van der Waals surface area contributed by atoms with Crippen molar-refractivity contribution in [1.29, 1.82) is 0 Å². The number of hydrogen-bond acceptors (Lipinski definition) is 6. The summed E-state index contributed by atoms with van der Waals surface area (Å²) in [7, 11) is -2.74. The molecule has 14 heteroatoms. The Kier molecular flexibility index (Phi) is 8.83. The minimum absolute atomic E-state index is 0.109. The minimum atomic E-state index is -4.36. The molecular weight excluding hydrogens is 615 g/mol. The number of ether oxygens (including phenoxy) is 1. The van der Waals surface area contributed by atoms with Crippen molar-refractivity contribution in [3.05, 3.63) is 103 Å². The van der Waals surface area contributed by atoms with Crippen LogP contribution >= 0.6 is 34.8 Å². The van der Waals surface area contributed by atoms with E-state index >= 15 is 0 Å².